The first-order valence-corrected chi connectivity index (χ1v) is 9.85. The van der Waals surface area contributed by atoms with Crippen LogP contribution in [-0.4, -0.2) is 8.07 Å². The van der Waals surface area contributed by atoms with Gasteiger partial charge in [-0.3, -0.25) is 0 Å². The van der Waals surface area contributed by atoms with Crippen LogP contribution in [0.3, 0.4) is 0 Å². The molecule has 0 aromatic heterocycles. The maximum absolute atomic E-state index is 2.66. The zero-order valence-electron chi connectivity index (χ0n) is 12.5. The number of fused-ring (bicyclic) bond motifs is 1. The van der Waals surface area contributed by atoms with E-state index in [0.29, 0.717) is 0 Å². The van der Waals surface area contributed by atoms with Gasteiger partial charge in [0, 0.05) is 0 Å². The summed E-state index contributed by atoms with van der Waals surface area (Å²) in [5.74, 6) is 0. The molecule has 17 heavy (non-hydrogen) atoms. The molecule has 1 saturated carbocycles. The summed E-state index contributed by atoms with van der Waals surface area (Å²) in [6, 6.07) is 0. The fraction of sp³-hybridized carbons (Fsp3) is 1.00. The Morgan fingerprint density at radius 3 is 1.59 bits per heavy atom. The van der Waals surface area contributed by atoms with Gasteiger partial charge in [0.25, 0.3) is 0 Å². The first kappa shape index (κ1) is 12.3. The van der Waals surface area contributed by atoms with Crippen LogP contribution in [0.4, 0.5) is 0 Å². The second-order valence-electron chi connectivity index (χ2n) is 8.82. The Labute approximate surface area is 109 Å². The van der Waals surface area contributed by atoms with Gasteiger partial charge in [0.05, 0.1) is 8.07 Å². The molecule has 0 amide bonds. The van der Waals surface area contributed by atoms with Crippen molar-refractivity contribution in [1.29, 1.82) is 0 Å². The van der Waals surface area contributed by atoms with Crippen molar-refractivity contribution in [3.63, 3.8) is 0 Å². The van der Waals surface area contributed by atoms with E-state index in [2.05, 4.69) is 34.6 Å². The molecule has 0 nitrogen and oxygen atoms in total. The van der Waals surface area contributed by atoms with Gasteiger partial charge in [-0.1, -0.05) is 66.7 Å². The lowest BCUT2D eigenvalue weighted by Crippen LogP contribution is -2.79. The molecule has 3 aliphatic rings. The minimum atomic E-state index is -1.10. The summed E-state index contributed by atoms with van der Waals surface area (Å²) in [7, 11) is -1.10. The molecule has 3 rings (SSSR count). The molecule has 0 aromatic rings. The molecule has 2 aliphatic heterocycles. The third-order valence-corrected chi connectivity index (χ3v) is 15.7. The van der Waals surface area contributed by atoms with Crippen LogP contribution < -0.4 is 0 Å². The lowest BCUT2D eigenvalue weighted by Gasteiger charge is -2.85. The first-order chi connectivity index (χ1) is 7.77. The topological polar surface area (TPSA) is 0 Å². The van der Waals surface area contributed by atoms with Crippen LogP contribution in [0.15, 0.2) is 0 Å². The lowest BCUT2D eigenvalue weighted by atomic mass is 9.82. The van der Waals surface area contributed by atoms with Crippen molar-refractivity contribution in [1.82, 2.24) is 0 Å². The van der Waals surface area contributed by atoms with Gasteiger partial charge in [-0.05, 0) is 33.5 Å². The zero-order chi connectivity index (χ0) is 12.5. The van der Waals surface area contributed by atoms with E-state index in [1.165, 1.54) is 32.1 Å². The fourth-order valence-corrected chi connectivity index (χ4v) is 19.8. The van der Waals surface area contributed by atoms with Gasteiger partial charge in [0.2, 0.25) is 0 Å². The molecule has 1 heteroatoms. The molecule has 2 heterocycles. The molecule has 0 aromatic carbocycles. The summed E-state index contributed by atoms with van der Waals surface area (Å²) >= 11 is 0. The summed E-state index contributed by atoms with van der Waals surface area (Å²) in [6.07, 6.45) is 10.8. The summed E-state index contributed by atoms with van der Waals surface area (Å²) in [5.41, 5.74) is 1.16. The lowest BCUT2D eigenvalue weighted by molar-refractivity contribution is 0.182. The molecular weight excluding hydrogens is 220 g/mol. The second kappa shape index (κ2) is 3.21. The number of rotatable bonds is 1. The predicted molar refractivity (Wildman–Crippen MR) is 78.3 cm³/mol. The Morgan fingerprint density at radius 1 is 0.765 bits per heavy atom. The van der Waals surface area contributed by atoms with Crippen molar-refractivity contribution in [3.05, 3.63) is 0 Å². The standard InChI is InChI=1S/C16H30Si/c1-14(2)11-16(5)12-15(3,4)17(14,16)13-9-7-6-8-10-13/h13H,6-12H2,1-5H3. The molecule has 0 spiro atoms. The zero-order valence-corrected chi connectivity index (χ0v) is 13.5. The summed E-state index contributed by atoms with van der Waals surface area (Å²) in [4.78, 5) is 0. The van der Waals surface area contributed by atoms with Crippen molar-refractivity contribution < 1.29 is 0 Å². The molecule has 1 aliphatic carbocycles. The van der Waals surface area contributed by atoms with Crippen molar-refractivity contribution in [3.8, 4) is 0 Å². The van der Waals surface area contributed by atoms with Gasteiger partial charge in [-0.15, -0.1) is 0 Å². The van der Waals surface area contributed by atoms with E-state index in [1.54, 1.807) is 12.8 Å². The van der Waals surface area contributed by atoms with E-state index in [-0.39, 0.29) is 0 Å². The molecule has 98 valence electrons. The first-order valence-electron chi connectivity index (χ1n) is 7.77. The van der Waals surface area contributed by atoms with E-state index < -0.39 is 8.07 Å². The van der Waals surface area contributed by atoms with Crippen LogP contribution in [0.25, 0.3) is 0 Å². The van der Waals surface area contributed by atoms with Gasteiger partial charge in [0.1, 0.15) is 0 Å². The van der Waals surface area contributed by atoms with Gasteiger partial charge in [0.15, 0.2) is 0 Å². The summed E-state index contributed by atoms with van der Waals surface area (Å²) in [5, 5.41) is 2.28. The molecular formula is C16H30Si. The summed E-state index contributed by atoms with van der Waals surface area (Å²) in [6.45, 7) is 13.1. The Morgan fingerprint density at radius 2 is 1.24 bits per heavy atom. The second-order valence-corrected chi connectivity index (χ2v) is 15.2. The van der Waals surface area contributed by atoms with Crippen molar-refractivity contribution in [2.24, 2.45) is 0 Å². The highest BCUT2D eigenvalue weighted by molar-refractivity contribution is 6.94. The SMILES string of the molecule is CC1(C)CC2(C)CC(C)(C)[Si]12C1CCCCC1. The fourth-order valence-electron chi connectivity index (χ4n) is 8.04. The monoisotopic (exact) mass is 250 g/mol. The Kier molecular flexibility index (Phi) is 2.31. The minimum Gasteiger partial charge on any atom is -0.0622 e. The Hall–Kier alpha value is 0.217. The number of hydrogen-bond acceptors (Lipinski definition) is 0. The largest absolute Gasteiger partial charge is 0.0740 e. The number of hydrogen-bond donors (Lipinski definition) is 0. The van der Waals surface area contributed by atoms with Gasteiger partial charge < -0.3 is 0 Å². The van der Waals surface area contributed by atoms with Crippen molar-refractivity contribution in [2.45, 2.75) is 100 Å². The van der Waals surface area contributed by atoms with E-state index in [4.69, 9.17) is 0 Å². The average Bonchev–Trinajstić information content (AvgIpc) is 2.14. The Balaban J connectivity index is 2.00. The summed E-state index contributed by atoms with van der Waals surface area (Å²) < 4.78 is 0. The highest BCUT2D eigenvalue weighted by Gasteiger charge is 2.83. The van der Waals surface area contributed by atoms with Crippen LogP contribution in [-0.2, 0) is 0 Å². The molecule has 0 atom stereocenters. The Bertz CT molecular complexity index is 297. The van der Waals surface area contributed by atoms with Crippen LogP contribution >= 0.6 is 0 Å². The molecule has 0 unspecified atom stereocenters. The third kappa shape index (κ3) is 1.16. The molecule has 2 saturated heterocycles. The molecule has 3 fully saturated rings. The average molecular weight is 251 g/mol. The van der Waals surface area contributed by atoms with E-state index >= 15 is 0 Å². The van der Waals surface area contributed by atoms with Gasteiger partial charge in [-0.25, -0.2) is 0 Å². The van der Waals surface area contributed by atoms with E-state index in [9.17, 15) is 0 Å². The smallest absolute Gasteiger partial charge is 0.0622 e. The van der Waals surface area contributed by atoms with Crippen molar-refractivity contribution in [2.75, 3.05) is 0 Å². The highest BCUT2D eigenvalue weighted by atomic mass is 28.3. The van der Waals surface area contributed by atoms with Crippen LogP contribution in [0, 0.1) is 0 Å². The van der Waals surface area contributed by atoms with Gasteiger partial charge >= 0.3 is 0 Å². The third-order valence-electron chi connectivity index (χ3n) is 6.97. The van der Waals surface area contributed by atoms with Crippen LogP contribution in [0.5, 0.6) is 0 Å². The molecule has 0 radical (unpaired) electrons. The van der Waals surface area contributed by atoms with Crippen LogP contribution in [0.2, 0.25) is 20.7 Å². The van der Waals surface area contributed by atoms with Crippen molar-refractivity contribution >= 4 is 8.07 Å². The molecule has 0 bridgehead atoms. The normalized spacial score (nSPS) is 47.8. The van der Waals surface area contributed by atoms with Crippen LogP contribution in [0.1, 0.15) is 79.6 Å². The minimum absolute atomic E-state index is 0.728. The van der Waals surface area contributed by atoms with E-state index in [0.717, 1.165) is 20.7 Å². The molecule has 0 N–H and O–H groups in total. The maximum atomic E-state index is 2.66. The maximum Gasteiger partial charge on any atom is 0.0740 e. The van der Waals surface area contributed by atoms with E-state index in [1.807, 2.05) is 0 Å². The van der Waals surface area contributed by atoms with Gasteiger partial charge in [-0.2, -0.15) is 0 Å². The quantitative estimate of drug-likeness (QED) is 0.508. The highest BCUT2D eigenvalue weighted by Crippen LogP contribution is 2.91. The predicted octanol–water partition coefficient (Wildman–Crippen LogP) is 5.90.